The van der Waals surface area contributed by atoms with E-state index in [1.165, 1.54) is 6.07 Å². The Morgan fingerprint density at radius 3 is 2.62 bits per heavy atom. The van der Waals surface area contributed by atoms with Gasteiger partial charge in [0.2, 0.25) is 0 Å². The Labute approximate surface area is 216 Å². The number of hydrogen-bond acceptors (Lipinski definition) is 6. The third-order valence-electron chi connectivity index (χ3n) is 6.43. The van der Waals surface area contributed by atoms with Gasteiger partial charge in [-0.25, -0.2) is 19.4 Å². The summed E-state index contributed by atoms with van der Waals surface area (Å²) in [5, 5.41) is 9.07. The Hall–Kier alpha value is -3.97. The number of hydrogen-bond donors (Lipinski definition) is 1. The fourth-order valence-corrected chi connectivity index (χ4v) is 5.19. The van der Waals surface area contributed by atoms with Crippen LogP contribution in [0.1, 0.15) is 28.4 Å². The number of carbonyl (C=O) groups is 1. The first-order chi connectivity index (χ1) is 17.4. The topological polar surface area (TPSA) is 93.2 Å². The van der Waals surface area contributed by atoms with Crippen LogP contribution in [0.2, 0.25) is 19.6 Å². The Morgan fingerprint density at radius 1 is 1.16 bits per heavy atom. The molecule has 1 atom stereocenters. The molecule has 1 aliphatic heterocycles. The number of hydrazine groups is 1. The van der Waals surface area contributed by atoms with Crippen molar-refractivity contribution in [2.75, 3.05) is 23.8 Å². The SMILES string of the molecule is Cc1cc2nc(N)c3cnn(C)c3c2cc1C(=O)N1CC(C)CN1c1ncc(C#C[Si](C)(C)C)cc1F. The molecule has 0 bridgehead atoms. The first-order valence-corrected chi connectivity index (χ1v) is 15.7. The van der Waals surface area contributed by atoms with Crippen molar-refractivity contribution in [3.63, 3.8) is 0 Å². The molecule has 4 aromatic rings. The van der Waals surface area contributed by atoms with Gasteiger partial charge in [0.15, 0.2) is 11.6 Å². The largest absolute Gasteiger partial charge is 0.383 e. The highest BCUT2D eigenvalue weighted by Crippen LogP contribution is 2.32. The Kier molecular flexibility index (Phi) is 5.91. The standard InChI is InChI=1S/C27H30FN7OSi/c1-16-14-34(26-22(28)10-18(12-30-26)7-8-37(4,5)6)35(15-16)27(36)19-11-20-23(9-17(19)2)32-25(29)21-13-31-33(3)24(20)21/h9-13,16H,14-15H2,1-6H3,(H2,29,32). The Bertz CT molecular complexity index is 1630. The number of halogens is 1. The molecule has 0 spiro atoms. The van der Waals surface area contributed by atoms with Gasteiger partial charge in [0.1, 0.15) is 13.9 Å². The number of nitrogens with two attached hydrogens (primary N) is 1. The second-order valence-corrected chi connectivity index (χ2v) is 15.6. The van der Waals surface area contributed by atoms with E-state index in [1.54, 1.807) is 27.1 Å². The third-order valence-corrected chi connectivity index (χ3v) is 7.30. The van der Waals surface area contributed by atoms with Crippen LogP contribution in [-0.4, -0.2) is 51.8 Å². The smallest absolute Gasteiger partial charge is 0.272 e. The van der Waals surface area contributed by atoms with Crippen LogP contribution >= 0.6 is 0 Å². The van der Waals surface area contributed by atoms with Crippen molar-refractivity contribution >= 4 is 47.4 Å². The van der Waals surface area contributed by atoms with Gasteiger partial charge < -0.3 is 5.73 Å². The van der Waals surface area contributed by atoms with Crippen molar-refractivity contribution in [2.24, 2.45) is 13.0 Å². The van der Waals surface area contributed by atoms with Crippen LogP contribution in [0.25, 0.3) is 21.8 Å². The number of rotatable bonds is 2. The van der Waals surface area contributed by atoms with Crippen LogP contribution in [0.15, 0.2) is 30.6 Å². The third kappa shape index (κ3) is 4.51. The second-order valence-electron chi connectivity index (χ2n) is 10.8. The van der Waals surface area contributed by atoms with E-state index in [0.29, 0.717) is 35.6 Å². The van der Waals surface area contributed by atoms with E-state index >= 15 is 4.39 Å². The minimum atomic E-state index is -1.61. The number of aryl methyl sites for hydroxylation is 2. The van der Waals surface area contributed by atoms with Crippen molar-refractivity contribution in [2.45, 2.75) is 33.5 Å². The number of aromatic nitrogens is 4. The normalized spacial score (nSPS) is 15.9. The monoisotopic (exact) mass is 515 g/mol. The lowest BCUT2D eigenvalue weighted by Crippen LogP contribution is -2.42. The predicted octanol–water partition coefficient (Wildman–Crippen LogP) is 4.29. The molecule has 1 saturated heterocycles. The average Bonchev–Trinajstić information content (AvgIpc) is 3.40. The first kappa shape index (κ1) is 24.7. The maximum atomic E-state index is 15.3. The zero-order valence-corrected chi connectivity index (χ0v) is 22.9. The van der Waals surface area contributed by atoms with Crippen LogP contribution in [0.5, 0.6) is 0 Å². The number of nitrogen functional groups attached to an aromatic ring is 1. The number of amides is 1. The summed E-state index contributed by atoms with van der Waals surface area (Å²) in [7, 11) is 0.227. The zero-order valence-electron chi connectivity index (χ0n) is 21.9. The van der Waals surface area contributed by atoms with E-state index in [0.717, 1.165) is 21.9 Å². The summed E-state index contributed by atoms with van der Waals surface area (Å²) in [6.45, 7) is 11.2. The van der Waals surface area contributed by atoms with Crippen LogP contribution in [0.3, 0.4) is 0 Å². The highest BCUT2D eigenvalue weighted by atomic mass is 28.3. The molecular weight excluding hydrogens is 485 g/mol. The van der Waals surface area contributed by atoms with Gasteiger partial charge in [-0.2, -0.15) is 5.10 Å². The molecule has 190 valence electrons. The molecule has 10 heteroatoms. The first-order valence-electron chi connectivity index (χ1n) is 12.2. The molecule has 1 fully saturated rings. The molecule has 0 aliphatic carbocycles. The molecule has 5 rings (SSSR count). The summed E-state index contributed by atoms with van der Waals surface area (Å²) in [4.78, 5) is 22.8. The summed E-state index contributed by atoms with van der Waals surface area (Å²) in [6.07, 6.45) is 3.25. The van der Waals surface area contributed by atoms with Crippen molar-refractivity contribution in [3.05, 3.63) is 53.1 Å². The quantitative estimate of drug-likeness (QED) is 0.316. The summed E-state index contributed by atoms with van der Waals surface area (Å²) in [6, 6.07) is 5.10. The van der Waals surface area contributed by atoms with Crippen molar-refractivity contribution in [3.8, 4) is 11.5 Å². The molecule has 2 N–H and O–H groups in total. The molecule has 3 aromatic heterocycles. The lowest BCUT2D eigenvalue weighted by molar-refractivity contribution is 0.0768. The summed E-state index contributed by atoms with van der Waals surface area (Å²) in [5.74, 6) is 2.98. The Morgan fingerprint density at radius 2 is 1.92 bits per heavy atom. The average molecular weight is 516 g/mol. The van der Waals surface area contributed by atoms with Crippen molar-refractivity contribution in [1.29, 1.82) is 0 Å². The van der Waals surface area contributed by atoms with Gasteiger partial charge in [-0.05, 0) is 36.6 Å². The molecule has 37 heavy (non-hydrogen) atoms. The molecule has 0 radical (unpaired) electrons. The number of benzene rings is 1. The molecule has 1 unspecified atom stereocenters. The second kappa shape index (κ2) is 8.85. The van der Waals surface area contributed by atoms with E-state index in [1.807, 2.05) is 33.0 Å². The van der Waals surface area contributed by atoms with Gasteiger partial charge in [-0.3, -0.25) is 14.5 Å². The number of anilines is 2. The van der Waals surface area contributed by atoms with Crippen LogP contribution in [-0.2, 0) is 7.05 Å². The summed E-state index contributed by atoms with van der Waals surface area (Å²) >= 11 is 0. The van der Waals surface area contributed by atoms with E-state index in [4.69, 9.17) is 5.73 Å². The van der Waals surface area contributed by atoms with E-state index < -0.39 is 13.9 Å². The van der Waals surface area contributed by atoms with Gasteiger partial charge >= 0.3 is 0 Å². The molecule has 4 heterocycles. The van der Waals surface area contributed by atoms with Crippen LogP contribution in [0.4, 0.5) is 16.0 Å². The van der Waals surface area contributed by atoms with Crippen LogP contribution < -0.4 is 10.7 Å². The summed E-state index contributed by atoms with van der Waals surface area (Å²) in [5.41, 5.74) is 12.7. The lowest BCUT2D eigenvalue weighted by atomic mass is 10.0. The van der Waals surface area contributed by atoms with Gasteiger partial charge in [0.25, 0.3) is 5.91 Å². The van der Waals surface area contributed by atoms with Crippen molar-refractivity contribution < 1.29 is 9.18 Å². The minimum absolute atomic E-state index is 0.123. The molecule has 0 saturated carbocycles. The minimum Gasteiger partial charge on any atom is -0.383 e. The summed E-state index contributed by atoms with van der Waals surface area (Å²) < 4.78 is 17.0. The number of fused-ring (bicyclic) bond motifs is 3. The number of nitrogens with zero attached hydrogens (tertiary/aromatic N) is 6. The van der Waals surface area contributed by atoms with E-state index in [9.17, 15) is 4.79 Å². The predicted molar refractivity (Wildman–Crippen MR) is 147 cm³/mol. The fraction of sp³-hybridized carbons (Fsp3) is 0.333. The maximum Gasteiger partial charge on any atom is 0.272 e. The molecule has 1 aliphatic rings. The van der Waals surface area contributed by atoms with Crippen molar-refractivity contribution in [1.82, 2.24) is 24.8 Å². The van der Waals surface area contributed by atoms with E-state index in [2.05, 4.69) is 46.2 Å². The van der Waals surface area contributed by atoms with Gasteiger partial charge in [0, 0.05) is 42.8 Å². The lowest BCUT2D eigenvalue weighted by Gasteiger charge is -2.29. The zero-order chi connectivity index (χ0) is 26.6. The molecule has 8 nitrogen and oxygen atoms in total. The highest BCUT2D eigenvalue weighted by molar-refractivity contribution is 6.83. The molecule has 1 aromatic carbocycles. The number of pyridine rings is 2. The Balaban J connectivity index is 1.55. The highest BCUT2D eigenvalue weighted by Gasteiger charge is 2.35. The van der Waals surface area contributed by atoms with Crippen LogP contribution in [0, 0.1) is 30.1 Å². The van der Waals surface area contributed by atoms with Gasteiger partial charge in [0.05, 0.1) is 22.6 Å². The fourth-order valence-electron chi connectivity index (χ4n) is 4.67. The maximum absolute atomic E-state index is 15.3. The molecule has 1 amide bonds. The van der Waals surface area contributed by atoms with Gasteiger partial charge in [-0.1, -0.05) is 32.5 Å². The van der Waals surface area contributed by atoms with E-state index in [-0.39, 0.29) is 17.6 Å². The molecular formula is C27H30FN7OSi. The number of carbonyl (C=O) groups excluding carboxylic acids is 1. The van der Waals surface area contributed by atoms with Gasteiger partial charge in [-0.15, -0.1) is 5.54 Å².